The summed E-state index contributed by atoms with van der Waals surface area (Å²) in [6.45, 7) is -0.248. The summed E-state index contributed by atoms with van der Waals surface area (Å²) in [5, 5.41) is 80.3. The van der Waals surface area contributed by atoms with E-state index in [0.717, 1.165) is 44.9 Å². The van der Waals surface area contributed by atoms with Crippen molar-refractivity contribution in [1.29, 1.82) is 0 Å². The molecule has 0 spiro atoms. The van der Waals surface area contributed by atoms with Crippen LogP contribution in [-0.4, -0.2) is 128 Å². The maximum Gasteiger partial charge on any atom is 0.306 e. The van der Waals surface area contributed by atoms with E-state index in [4.69, 9.17) is 18.9 Å². The number of carbonyl (C=O) groups excluding carboxylic acids is 1. The number of aliphatic hydroxyl groups excluding tert-OH is 8. The molecular weight excluding hydrogens is 568 g/mol. The quantitative estimate of drug-likeness (QED) is 0.0487. The van der Waals surface area contributed by atoms with E-state index < -0.39 is 80.6 Å². The van der Waals surface area contributed by atoms with Crippen molar-refractivity contribution in [2.75, 3.05) is 19.8 Å². The molecule has 13 nitrogen and oxygen atoms in total. The first kappa shape index (κ1) is 38.0. The van der Waals surface area contributed by atoms with Gasteiger partial charge in [0.05, 0.1) is 19.3 Å². The lowest BCUT2D eigenvalue weighted by atomic mass is 9.99. The molecule has 2 rings (SSSR count). The average molecular weight is 623 g/mol. The fourth-order valence-electron chi connectivity index (χ4n) is 5.33. The first-order chi connectivity index (χ1) is 20.6. The number of hydrogen-bond donors (Lipinski definition) is 8. The zero-order valence-corrected chi connectivity index (χ0v) is 25.3. The number of allylic oxidation sites excluding steroid dienone is 1. The summed E-state index contributed by atoms with van der Waals surface area (Å²) < 4.78 is 21.9. The second-order valence-electron chi connectivity index (χ2n) is 11.5. The van der Waals surface area contributed by atoms with E-state index in [1.165, 1.54) is 19.3 Å². The molecular formula is C30H54O13. The van der Waals surface area contributed by atoms with Crippen molar-refractivity contribution in [1.82, 2.24) is 0 Å². The number of unbranched alkanes of at least 4 members (excludes halogenated alkanes) is 8. The van der Waals surface area contributed by atoms with Gasteiger partial charge in [0, 0.05) is 6.42 Å². The van der Waals surface area contributed by atoms with Crippen molar-refractivity contribution in [3.05, 3.63) is 12.2 Å². The predicted molar refractivity (Wildman–Crippen MR) is 153 cm³/mol. The van der Waals surface area contributed by atoms with E-state index in [-0.39, 0.29) is 12.5 Å². The Kier molecular flexibility index (Phi) is 17.7. The van der Waals surface area contributed by atoms with Crippen LogP contribution in [0.1, 0.15) is 90.4 Å². The van der Waals surface area contributed by atoms with Gasteiger partial charge in [-0.2, -0.15) is 0 Å². The van der Waals surface area contributed by atoms with Crippen molar-refractivity contribution in [2.24, 2.45) is 0 Å². The molecule has 0 unspecified atom stereocenters. The van der Waals surface area contributed by atoms with Crippen molar-refractivity contribution >= 4 is 5.97 Å². The van der Waals surface area contributed by atoms with E-state index in [0.29, 0.717) is 12.8 Å². The Morgan fingerprint density at radius 3 is 2.19 bits per heavy atom. The normalized spacial score (nSPS) is 33.7. The van der Waals surface area contributed by atoms with Gasteiger partial charge in [-0.1, -0.05) is 64.0 Å². The zero-order chi connectivity index (χ0) is 31.8. The molecule has 43 heavy (non-hydrogen) atoms. The Balaban J connectivity index is 1.76. The Labute approximate surface area is 254 Å². The minimum absolute atomic E-state index is 0.0185. The van der Waals surface area contributed by atoms with Gasteiger partial charge in [-0.25, -0.2) is 0 Å². The molecule has 2 heterocycles. The van der Waals surface area contributed by atoms with Gasteiger partial charge in [-0.3, -0.25) is 4.79 Å². The largest absolute Gasteiger partial charge is 0.454 e. The van der Waals surface area contributed by atoms with Crippen LogP contribution < -0.4 is 0 Å². The number of esters is 1. The lowest BCUT2D eigenvalue weighted by molar-refractivity contribution is -0.383. The third-order valence-electron chi connectivity index (χ3n) is 8.02. The molecule has 0 aromatic rings. The first-order valence-corrected chi connectivity index (χ1v) is 15.7. The fraction of sp³-hybridized carbons (Fsp3) is 0.900. The zero-order valence-electron chi connectivity index (χ0n) is 25.3. The van der Waals surface area contributed by atoms with Crippen molar-refractivity contribution < 1.29 is 64.6 Å². The van der Waals surface area contributed by atoms with Gasteiger partial charge in [-0.15, -0.1) is 0 Å². The van der Waals surface area contributed by atoms with Crippen LogP contribution in [0.4, 0.5) is 0 Å². The molecule has 0 amide bonds. The lowest BCUT2D eigenvalue weighted by Crippen LogP contribution is -2.63. The fourth-order valence-corrected chi connectivity index (χ4v) is 5.33. The van der Waals surface area contributed by atoms with Gasteiger partial charge in [0.25, 0.3) is 0 Å². The Morgan fingerprint density at radius 1 is 0.837 bits per heavy atom. The van der Waals surface area contributed by atoms with E-state index in [1.807, 2.05) is 6.08 Å². The molecule has 2 aliphatic heterocycles. The molecule has 10 atom stereocenters. The first-order valence-electron chi connectivity index (χ1n) is 15.7. The van der Waals surface area contributed by atoms with Gasteiger partial charge < -0.3 is 59.8 Å². The number of rotatable bonds is 21. The molecule has 2 fully saturated rings. The van der Waals surface area contributed by atoms with Crippen LogP contribution >= 0.6 is 0 Å². The number of hydrogen-bond acceptors (Lipinski definition) is 13. The van der Waals surface area contributed by atoms with Gasteiger partial charge in [-0.05, 0) is 32.1 Å². The molecule has 0 bridgehead atoms. The number of aliphatic hydroxyl groups is 8. The monoisotopic (exact) mass is 622 g/mol. The third kappa shape index (κ3) is 11.6. The summed E-state index contributed by atoms with van der Waals surface area (Å²) in [7, 11) is 0. The maximum atomic E-state index is 12.6. The van der Waals surface area contributed by atoms with Crippen LogP contribution in [0.15, 0.2) is 12.2 Å². The highest BCUT2D eigenvalue weighted by atomic mass is 16.8. The minimum atomic E-state index is -2.27. The Morgan fingerprint density at radius 2 is 1.51 bits per heavy atom. The van der Waals surface area contributed by atoms with E-state index in [1.54, 1.807) is 0 Å². The second kappa shape index (κ2) is 20.0. The molecule has 0 aliphatic carbocycles. The SMILES string of the molecule is CCCCCC[C@@H](O)C/C=C\CCCCCCCC(=O)O[C@H]1[C@H](O)[C@@H](CO)O[C@@]1(CO)O[C@H]1O[C@H](CO)[C@@H](O)[C@H](O)[C@H]1O. The third-order valence-corrected chi connectivity index (χ3v) is 8.02. The molecule has 2 saturated heterocycles. The van der Waals surface area contributed by atoms with Crippen LogP contribution in [0.3, 0.4) is 0 Å². The van der Waals surface area contributed by atoms with Crippen LogP contribution in [0.25, 0.3) is 0 Å². The van der Waals surface area contributed by atoms with Gasteiger partial charge in [0.15, 0.2) is 12.4 Å². The highest BCUT2D eigenvalue weighted by Crippen LogP contribution is 2.38. The smallest absolute Gasteiger partial charge is 0.306 e. The van der Waals surface area contributed by atoms with Gasteiger partial charge in [0.2, 0.25) is 5.79 Å². The lowest BCUT2D eigenvalue weighted by Gasteiger charge is -2.43. The standard InChI is InChI=1S/C30H54O13/c1-2-3-4-11-14-20(34)15-12-9-7-5-6-8-10-13-16-23(35)41-28-25(37)22(18-32)42-30(28,19-33)43-29-27(39)26(38)24(36)21(17-31)40-29/h9,12,20-22,24-29,31-34,36-39H,2-8,10-11,13-19H2,1H3/b12-9-/t20-,21-,22-,24-,25-,26+,27-,28+,29-,30+/m1/s1. The maximum absolute atomic E-state index is 12.6. The van der Waals surface area contributed by atoms with Crippen molar-refractivity contribution in [3.63, 3.8) is 0 Å². The number of carbonyl (C=O) groups is 1. The van der Waals surface area contributed by atoms with Crippen molar-refractivity contribution in [2.45, 2.75) is 151 Å². The molecule has 0 saturated carbocycles. The molecule has 0 radical (unpaired) electrons. The van der Waals surface area contributed by atoms with E-state index in [2.05, 4.69) is 13.0 Å². The summed E-state index contributed by atoms with van der Waals surface area (Å²) in [6, 6.07) is 0. The summed E-state index contributed by atoms with van der Waals surface area (Å²) in [6.07, 6.45) is 2.27. The van der Waals surface area contributed by atoms with Crippen LogP contribution in [-0.2, 0) is 23.7 Å². The average Bonchev–Trinajstić information content (AvgIpc) is 3.26. The topological polar surface area (TPSA) is 216 Å². The molecule has 2 aliphatic rings. The minimum Gasteiger partial charge on any atom is -0.454 e. The van der Waals surface area contributed by atoms with Gasteiger partial charge >= 0.3 is 5.97 Å². The summed E-state index contributed by atoms with van der Waals surface area (Å²) in [5.74, 6) is -2.97. The van der Waals surface area contributed by atoms with E-state index >= 15 is 0 Å². The highest BCUT2D eigenvalue weighted by Gasteiger charge is 2.60. The van der Waals surface area contributed by atoms with E-state index in [9.17, 15) is 45.6 Å². The predicted octanol–water partition coefficient (Wildman–Crippen LogP) is 0.164. The van der Waals surface area contributed by atoms with Gasteiger partial charge in [0.1, 0.15) is 43.2 Å². The molecule has 0 aromatic heterocycles. The molecule has 252 valence electrons. The highest BCUT2D eigenvalue weighted by molar-refractivity contribution is 5.69. The van der Waals surface area contributed by atoms with Crippen molar-refractivity contribution in [3.8, 4) is 0 Å². The summed E-state index contributed by atoms with van der Waals surface area (Å²) in [5.41, 5.74) is 0. The van der Waals surface area contributed by atoms with Crippen LogP contribution in [0.5, 0.6) is 0 Å². The summed E-state index contributed by atoms with van der Waals surface area (Å²) >= 11 is 0. The molecule has 0 aromatic carbocycles. The molecule has 8 N–H and O–H groups in total. The Hall–Kier alpha value is -1.23. The van der Waals surface area contributed by atoms with Crippen LogP contribution in [0, 0.1) is 0 Å². The Bertz CT molecular complexity index is 796. The number of ether oxygens (including phenoxy) is 4. The van der Waals surface area contributed by atoms with Crippen LogP contribution in [0.2, 0.25) is 0 Å². The second-order valence-corrected chi connectivity index (χ2v) is 11.5. The summed E-state index contributed by atoms with van der Waals surface area (Å²) in [4.78, 5) is 12.6. The molecule has 13 heteroatoms.